The van der Waals surface area contributed by atoms with Gasteiger partial charge in [-0.05, 0) is 48.5 Å². The fraction of sp³-hybridized carbons (Fsp3) is 0.100. The second kappa shape index (κ2) is 7.36. The maximum absolute atomic E-state index is 12.3. The Morgan fingerprint density at radius 1 is 0.964 bits per heavy atom. The van der Waals surface area contributed by atoms with Crippen molar-refractivity contribution in [2.24, 2.45) is 0 Å². The molecule has 0 bridgehead atoms. The number of hydrogen-bond donors (Lipinski definition) is 2. The SMILES string of the molecule is CN(C)c1ccc(NC(=O)Nc2cccc(-c3nc4ncccc4o3)n2)cc1. The minimum absolute atomic E-state index is 0.344. The third-order valence-electron chi connectivity index (χ3n) is 4.02. The normalized spacial score (nSPS) is 10.6. The van der Waals surface area contributed by atoms with E-state index in [1.54, 1.807) is 36.5 Å². The van der Waals surface area contributed by atoms with Crippen LogP contribution in [0.15, 0.2) is 65.2 Å². The molecule has 140 valence electrons. The van der Waals surface area contributed by atoms with E-state index in [2.05, 4.69) is 25.6 Å². The molecule has 4 aromatic rings. The molecular formula is C20H18N6O2. The Hall–Kier alpha value is -3.94. The van der Waals surface area contributed by atoms with Crippen LogP contribution in [0.5, 0.6) is 0 Å². The zero-order valence-electron chi connectivity index (χ0n) is 15.4. The van der Waals surface area contributed by atoms with Crippen LogP contribution in [-0.2, 0) is 0 Å². The van der Waals surface area contributed by atoms with Crippen molar-refractivity contribution in [1.29, 1.82) is 0 Å². The Kier molecular flexibility index (Phi) is 4.59. The van der Waals surface area contributed by atoms with Crippen LogP contribution in [-0.4, -0.2) is 35.1 Å². The lowest BCUT2D eigenvalue weighted by Crippen LogP contribution is -2.20. The molecule has 0 unspecified atom stereocenters. The van der Waals surface area contributed by atoms with Gasteiger partial charge in [-0.2, -0.15) is 4.98 Å². The molecule has 8 heteroatoms. The minimum Gasteiger partial charge on any atom is -0.433 e. The Bertz CT molecular complexity index is 1090. The lowest BCUT2D eigenvalue weighted by atomic mass is 10.2. The predicted molar refractivity (Wildman–Crippen MR) is 108 cm³/mol. The van der Waals surface area contributed by atoms with Gasteiger partial charge in [0.2, 0.25) is 5.89 Å². The lowest BCUT2D eigenvalue weighted by Gasteiger charge is -2.13. The van der Waals surface area contributed by atoms with E-state index < -0.39 is 0 Å². The summed E-state index contributed by atoms with van der Waals surface area (Å²) < 4.78 is 5.67. The number of carbonyl (C=O) groups excluding carboxylic acids is 1. The number of fused-ring (bicyclic) bond motifs is 1. The van der Waals surface area contributed by atoms with Crippen molar-refractivity contribution in [1.82, 2.24) is 15.0 Å². The monoisotopic (exact) mass is 374 g/mol. The number of amides is 2. The number of benzene rings is 1. The van der Waals surface area contributed by atoms with E-state index in [0.717, 1.165) is 5.69 Å². The minimum atomic E-state index is -0.388. The van der Waals surface area contributed by atoms with Gasteiger partial charge in [-0.15, -0.1) is 0 Å². The third-order valence-corrected chi connectivity index (χ3v) is 4.02. The van der Waals surface area contributed by atoms with Crippen LogP contribution in [0, 0.1) is 0 Å². The molecule has 0 aliphatic carbocycles. The summed E-state index contributed by atoms with van der Waals surface area (Å²) in [6.07, 6.45) is 1.65. The number of hydrogen-bond acceptors (Lipinski definition) is 6. The zero-order valence-corrected chi connectivity index (χ0v) is 15.4. The highest BCUT2D eigenvalue weighted by atomic mass is 16.3. The number of aromatic nitrogens is 3. The second-order valence-corrected chi connectivity index (χ2v) is 6.27. The first-order valence-electron chi connectivity index (χ1n) is 8.63. The van der Waals surface area contributed by atoms with Crippen molar-refractivity contribution >= 4 is 34.5 Å². The highest BCUT2D eigenvalue weighted by Crippen LogP contribution is 2.22. The van der Waals surface area contributed by atoms with Gasteiger partial charge in [0.15, 0.2) is 11.2 Å². The molecule has 0 aliphatic heterocycles. The Morgan fingerprint density at radius 3 is 2.54 bits per heavy atom. The smallest absolute Gasteiger partial charge is 0.324 e. The first-order valence-corrected chi connectivity index (χ1v) is 8.63. The number of nitrogens with zero attached hydrogens (tertiary/aromatic N) is 4. The van der Waals surface area contributed by atoms with Crippen LogP contribution in [0.25, 0.3) is 22.8 Å². The van der Waals surface area contributed by atoms with Crippen molar-refractivity contribution in [3.63, 3.8) is 0 Å². The maximum atomic E-state index is 12.3. The first-order chi connectivity index (χ1) is 13.6. The van der Waals surface area contributed by atoms with Crippen LogP contribution >= 0.6 is 0 Å². The van der Waals surface area contributed by atoms with Crippen LogP contribution in [0.3, 0.4) is 0 Å². The van der Waals surface area contributed by atoms with E-state index in [4.69, 9.17) is 4.42 Å². The van der Waals surface area contributed by atoms with Crippen LogP contribution in [0.4, 0.5) is 22.0 Å². The zero-order chi connectivity index (χ0) is 19.5. The number of oxazole rings is 1. The molecule has 0 atom stereocenters. The number of rotatable bonds is 4. The Morgan fingerprint density at radius 2 is 1.79 bits per heavy atom. The molecule has 1 aromatic carbocycles. The predicted octanol–water partition coefficient (Wildman–Crippen LogP) is 3.99. The fourth-order valence-corrected chi connectivity index (χ4v) is 2.62. The molecule has 0 spiro atoms. The molecule has 4 rings (SSSR count). The molecule has 0 saturated heterocycles. The molecule has 0 fully saturated rings. The lowest BCUT2D eigenvalue weighted by molar-refractivity contribution is 0.262. The standard InChI is InChI=1S/C20H18N6O2/c1-26(2)14-10-8-13(9-11-14)22-20(27)24-17-7-3-5-15(23-17)19-25-18-16(28-19)6-4-12-21-18/h3-12H,1-2H3,(H2,22,23,24,27). The van der Waals surface area contributed by atoms with Crippen LogP contribution in [0.2, 0.25) is 0 Å². The van der Waals surface area contributed by atoms with Crippen molar-refractivity contribution < 1.29 is 9.21 Å². The molecule has 8 nitrogen and oxygen atoms in total. The van der Waals surface area contributed by atoms with Crippen molar-refractivity contribution in [3.8, 4) is 11.6 Å². The Balaban J connectivity index is 1.47. The molecule has 0 saturated carbocycles. The third kappa shape index (κ3) is 3.75. The van der Waals surface area contributed by atoms with Gasteiger partial charge in [0.25, 0.3) is 0 Å². The van der Waals surface area contributed by atoms with E-state index >= 15 is 0 Å². The molecule has 3 aromatic heterocycles. The van der Waals surface area contributed by atoms with Gasteiger partial charge in [-0.1, -0.05) is 6.07 Å². The number of anilines is 3. The second-order valence-electron chi connectivity index (χ2n) is 6.27. The molecule has 2 amide bonds. The average Bonchev–Trinajstić information content (AvgIpc) is 3.13. The van der Waals surface area contributed by atoms with Gasteiger partial charge >= 0.3 is 6.03 Å². The summed E-state index contributed by atoms with van der Waals surface area (Å²) >= 11 is 0. The van der Waals surface area contributed by atoms with Gasteiger partial charge in [-0.25, -0.2) is 14.8 Å². The quantitative estimate of drug-likeness (QED) is 0.561. The number of urea groups is 1. The van der Waals surface area contributed by atoms with Crippen molar-refractivity contribution in [2.75, 3.05) is 29.6 Å². The van der Waals surface area contributed by atoms with E-state index in [0.29, 0.717) is 34.3 Å². The largest absolute Gasteiger partial charge is 0.433 e. The number of pyridine rings is 2. The van der Waals surface area contributed by atoms with E-state index in [9.17, 15) is 4.79 Å². The Labute approximate surface area is 161 Å². The molecule has 0 aliphatic rings. The number of carbonyl (C=O) groups is 1. The summed E-state index contributed by atoms with van der Waals surface area (Å²) in [7, 11) is 3.92. The summed E-state index contributed by atoms with van der Waals surface area (Å²) in [6.45, 7) is 0. The maximum Gasteiger partial charge on any atom is 0.324 e. The first kappa shape index (κ1) is 17.5. The summed E-state index contributed by atoms with van der Waals surface area (Å²) in [5.74, 6) is 0.729. The van der Waals surface area contributed by atoms with E-state index in [1.165, 1.54) is 0 Å². The highest BCUT2D eigenvalue weighted by molar-refractivity contribution is 5.99. The van der Waals surface area contributed by atoms with Gasteiger partial charge in [0, 0.05) is 31.7 Å². The van der Waals surface area contributed by atoms with Gasteiger partial charge < -0.3 is 14.6 Å². The topological polar surface area (TPSA) is 96.2 Å². The summed E-state index contributed by atoms with van der Waals surface area (Å²) in [4.78, 5) is 27.1. The van der Waals surface area contributed by atoms with E-state index in [-0.39, 0.29) is 6.03 Å². The summed E-state index contributed by atoms with van der Waals surface area (Å²) in [5, 5.41) is 5.49. The molecule has 2 N–H and O–H groups in total. The van der Waals surface area contributed by atoms with Gasteiger partial charge in [0.1, 0.15) is 11.5 Å². The van der Waals surface area contributed by atoms with Crippen LogP contribution in [0.1, 0.15) is 0 Å². The highest BCUT2D eigenvalue weighted by Gasteiger charge is 2.11. The van der Waals surface area contributed by atoms with Crippen LogP contribution < -0.4 is 15.5 Å². The average molecular weight is 374 g/mol. The summed E-state index contributed by atoms with van der Waals surface area (Å²) in [6, 6.07) is 15.9. The van der Waals surface area contributed by atoms with Gasteiger partial charge in [-0.3, -0.25) is 5.32 Å². The van der Waals surface area contributed by atoms with Gasteiger partial charge in [0.05, 0.1) is 0 Å². The van der Waals surface area contributed by atoms with E-state index in [1.807, 2.05) is 43.3 Å². The number of nitrogens with one attached hydrogen (secondary N) is 2. The molecular weight excluding hydrogens is 356 g/mol. The van der Waals surface area contributed by atoms with Crippen molar-refractivity contribution in [2.45, 2.75) is 0 Å². The molecule has 3 heterocycles. The molecule has 28 heavy (non-hydrogen) atoms. The van der Waals surface area contributed by atoms with Crippen molar-refractivity contribution in [3.05, 3.63) is 60.8 Å². The molecule has 0 radical (unpaired) electrons. The fourth-order valence-electron chi connectivity index (χ4n) is 2.62. The summed E-state index contributed by atoms with van der Waals surface area (Å²) in [5.41, 5.74) is 3.33.